The Bertz CT molecular complexity index is 2580. The van der Waals surface area contributed by atoms with Crippen LogP contribution in [0.15, 0.2) is 48.5 Å². The van der Waals surface area contributed by atoms with Gasteiger partial charge in [0.2, 0.25) is 11.8 Å². The third kappa shape index (κ3) is 7.16. The molecular formula is C44H40F5N7O6S. The Balaban J connectivity index is 0.806. The highest BCUT2D eigenvalue weighted by Crippen LogP contribution is 2.44. The number of benzene rings is 3. The average Bonchev–Trinajstić information content (AvgIpc) is 3.62. The van der Waals surface area contributed by atoms with E-state index in [0.717, 1.165) is 28.2 Å². The summed E-state index contributed by atoms with van der Waals surface area (Å²) in [6.45, 7) is 4.33. The second-order valence-corrected chi connectivity index (χ2v) is 18.1. The van der Waals surface area contributed by atoms with Gasteiger partial charge in [0.1, 0.15) is 34.4 Å². The van der Waals surface area contributed by atoms with Gasteiger partial charge in [-0.3, -0.25) is 39.1 Å². The molecule has 6 aliphatic rings. The average molecular weight is 890 g/mol. The van der Waals surface area contributed by atoms with Crippen molar-refractivity contribution in [2.45, 2.75) is 87.9 Å². The molecule has 0 saturated carbocycles. The number of amides is 5. The van der Waals surface area contributed by atoms with E-state index in [4.69, 9.17) is 17.0 Å². The highest BCUT2D eigenvalue weighted by Gasteiger charge is 2.53. The fraction of sp³-hybridized carbons (Fsp3) is 0.432. The van der Waals surface area contributed by atoms with Crippen LogP contribution in [0.4, 0.5) is 33.3 Å². The molecule has 6 aliphatic heterocycles. The Labute approximate surface area is 363 Å². The van der Waals surface area contributed by atoms with E-state index in [1.165, 1.54) is 52.8 Å². The van der Waals surface area contributed by atoms with E-state index in [9.17, 15) is 42.4 Å². The van der Waals surface area contributed by atoms with Crippen molar-refractivity contribution in [1.82, 2.24) is 20.0 Å². The first-order valence-electron chi connectivity index (χ1n) is 20.5. The number of anilines is 2. The lowest BCUT2D eigenvalue weighted by Gasteiger charge is -2.53. The molecule has 3 aromatic rings. The van der Waals surface area contributed by atoms with Crippen molar-refractivity contribution in [3.63, 3.8) is 0 Å². The second-order valence-electron chi connectivity index (χ2n) is 17.7. The van der Waals surface area contributed by atoms with Gasteiger partial charge in [-0.1, -0.05) is 0 Å². The number of carbonyl (C=O) groups excluding carboxylic acids is 5. The Kier molecular flexibility index (Phi) is 9.94. The molecule has 0 aliphatic carbocycles. The van der Waals surface area contributed by atoms with Crippen LogP contribution in [0.2, 0.25) is 0 Å². The number of likely N-dealkylation sites (tertiary alicyclic amines) is 2. The number of alkyl halides is 4. The number of ether oxygens (including phenoxy) is 1. The predicted molar refractivity (Wildman–Crippen MR) is 219 cm³/mol. The van der Waals surface area contributed by atoms with E-state index < -0.39 is 63.7 Å². The molecule has 1 N–H and O–H groups in total. The number of thiocarbonyl (C=S) groups is 1. The monoisotopic (exact) mass is 889 g/mol. The summed E-state index contributed by atoms with van der Waals surface area (Å²) in [5.41, 5.74) is -3.73. The lowest BCUT2D eigenvalue weighted by Crippen LogP contribution is -2.68. The molecule has 63 heavy (non-hydrogen) atoms. The lowest BCUT2D eigenvalue weighted by atomic mass is 9.82. The van der Waals surface area contributed by atoms with Gasteiger partial charge in [-0.05, 0) is 105 Å². The largest absolute Gasteiger partial charge is 0.484 e. The van der Waals surface area contributed by atoms with Gasteiger partial charge < -0.3 is 19.4 Å². The van der Waals surface area contributed by atoms with Gasteiger partial charge in [0.15, 0.2) is 5.11 Å². The maximum Gasteiger partial charge on any atom is 0.417 e. The molecule has 0 aromatic heterocycles. The number of hydrogen-bond donors (Lipinski definition) is 1. The van der Waals surface area contributed by atoms with Crippen LogP contribution in [0, 0.1) is 17.1 Å². The minimum absolute atomic E-state index is 0.0170. The zero-order valence-corrected chi connectivity index (χ0v) is 34.9. The Morgan fingerprint density at radius 2 is 1.68 bits per heavy atom. The van der Waals surface area contributed by atoms with E-state index in [0.29, 0.717) is 43.3 Å². The van der Waals surface area contributed by atoms with Crippen LogP contribution in [-0.2, 0) is 33.5 Å². The molecule has 0 bridgehead atoms. The molecule has 1 atom stereocenters. The molecule has 328 valence electrons. The number of nitrogens with one attached hydrogen (secondary N) is 1. The fourth-order valence-electron chi connectivity index (χ4n) is 9.80. The van der Waals surface area contributed by atoms with Gasteiger partial charge in [-0.2, -0.15) is 18.4 Å². The highest BCUT2D eigenvalue weighted by molar-refractivity contribution is 7.81. The van der Waals surface area contributed by atoms with E-state index in [1.54, 1.807) is 6.07 Å². The van der Waals surface area contributed by atoms with Crippen molar-refractivity contribution in [3.8, 4) is 11.8 Å². The number of fused-ring (bicyclic) bond motifs is 2. The van der Waals surface area contributed by atoms with Crippen LogP contribution in [0.25, 0.3) is 0 Å². The summed E-state index contributed by atoms with van der Waals surface area (Å²) < 4.78 is 79.9. The topological polar surface area (TPSA) is 147 Å². The van der Waals surface area contributed by atoms with Crippen LogP contribution in [0.5, 0.6) is 5.75 Å². The Hall–Kier alpha value is -6.00. The summed E-state index contributed by atoms with van der Waals surface area (Å²) in [5, 5.41) is 11.3. The zero-order chi connectivity index (χ0) is 45.0. The van der Waals surface area contributed by atoms with Crippen molar-refractivity contribution < 1.29 is 50.7 Å². The molecule has 4 fully saturated rings. The number of hydrogen-bond acceptors (Lipinski definition) is 9. The zero-order valence-electron chi connectivity index (χ0n) is 34.1. The number of nitrogens with zero attached hydrogens (tertiary/aromatic N) is 6. The van der Waals surface area contributed by atoms with Crippen molar-refractivity contribution in [2.24, 2.45) is 0 Å². The molecule has 1 spiro atoms. The molecule has 4 saturated heterocycles. The summed E-state index contributed by atoms with van der Waals surface area (Å²) in [4.78, 5) is 71.8. The van der Waals surface area contributed by atoms with Gasteiger partial charge in [0.25, 0.3) is 17.7 Å². The summed E-state index contributed by atoms with van der Waals surface area (Å²) in [5.74, 6) is -2.81. The maximum absolute atomic E-state index is 16.3. The molecule has 13 nitrogen and oxygen atoms in total. The SMILES string of the molecule is CC1(C)C(=O)N(c2ccc(C#N)c(C(F)(F)F)c2)C(=S)N1c1ccc(C(=O)N2CCC(F)(CN3CC4(CCc5cc6c(cc5O4)C(=O)N(C4CCC(=O)NC4=O)C6)C3)CC2)c(F)c1. The standard InChI is InChI=1S/C44H40F5N7O6S/c1-41(2)39(61)55(27-4-3-25(19-50)31(16-27)44(47,48)49)40(63)56(41)28-5-6-29(32(45)17-28)37(59)53-13-11-42(46,12-14-53)21-52-22-43(23-52)10-9-24-15-26-20-54(33-7-8-35(57)51-36(33)58)38(60)30(26)18-34(24)62-43/h3-6,15-18,33H,7-14,20-23H2,1-2H3,(H,51,57,58). The van der Waals surface area contributed by atoms with Crippen LogP contribution in [0.3, 0.4) is 0 Å². The molecular weight excluding hydrogens is 850 g/mol. The fourth-order valence-corrected chi connectivity index (χ4v) is 10.3. The van der Waals surface area contributed by atoms with Crippen molar-refractivity contribution in [1.29, 1.82) is 5.26 Å². The Morgan fingerprint density at radius 1 is 0.968 bits per heavy atom. The van der Waals surface area contributed by atoms with Crippen molar-refractivity contribution in [2.75, 3.05) is 42.5 Å². The molecule has 1 unspecified atom stereocenters. The van der Waals surface area contributed by atoms with Gasteiger partial charge >= 0.3 is 6.18 Å². The number of imide groups is 1. The maximum atomic E-state index is 16.3. The van der Waals surface area contributed by atoms with E-state index in [-0.39, 0.29) is 85.7 Å². The summed E-state index contributed by atoms with van der Waals surface area (Å²) >= 11 is 5.55. The van der Waals surface area contributed by atoms with Crippen molar-refractivity contribution >= 4 is 58.2 Å². The summed E-state index contributed by atoms with van der Waals surface area (Å²) in [6.07, 6.45) is -3.03. The molecule has 19 heteroatoms. The number of halogens is 5. The predicted octanol–water partition coefficient (Wildman–Crippen LogP) is 5.42. The van der Waals surface area contributed by atoms with E-state index in [2.05, 4.69) is 5.32 Å². The number of aryl methyl sites for hydroxylation is 1. The molecule has 0 radical (unpaired) electrons. The molecule has 6 heterocycles. The highest BCUT2D eigenvalue weighted by atomic mass is 32.1. The third-order valence-corrected chi connectivity index (χ3v) is 13.5. The van der Waals surface area contributed by atoms with Gasteiger partial charge in [-0.25, -0.2) is 8.78 Å². The number of carbonyl (C=O) groups is 5. The van der Waals surface area contributed by atoms with Crippen LogP contribution >= 0.6 is 12.2 Å². The lowest BCUT2D eigenvalue weighted by molar-refractivity contribution is -0.138. The first-order chi connectivity index (χ1) is 29.7. The van der Waals surface area contributed by atoms with Crippen LogP contribution in [-0.4, -0.2) is 105 Å². The summed E-state index contributed by atoms with van der Waals surface area (Å²) in [6, 6.07) is 10.9. The van der Waals surface area contributed by atoms with E-state index >= 15 is 8.78 Å². The van der Waals surface area contributed by atoms with E-state index in [1.807, 2.05) is 11.0 Å². The van der Waals surface area contributed by atoms with Gasteiger partial charge in [0, 0.05) is 69.8 Å². The molecule has 5 amide bonds. The smallest absolute Gasteiger partial charge is 0.417 e. The minimum Gasteiger partial charge on any atom is -0.484 e. The first kappa shape index (κ1) is 42.3. The normalized spacial score (nSPS) is 22.7. The number of nitriles is 1. The van der Waals surface area contributed by atoms with Crippen LogP contribution < -0.4 is 19.9 Å². The van der Waals surface area contributed by atoms with Gasteiger partial charge in [-0.15, -0.1) is 0 Å². The third-order valence-electron chi connectivity index (χ3n) is 13.2. The van der Waals surface area contributed by atoms with Gasteiger partial charge in [0.05, 0.1) is 28.4 Å². The van der Waals surface area contributed by atoms with Crippen LogP contribution in [0.1, 0.15) is 88.9 Å². The first-order valence-corrected chi connectivity index (χ1v) is 20.9. The molecule has 9 rings (SSSR count). The Morgan fingerprint density at radius 3 is 2.35 bits per heavy atom. The quantitative estimate of drug-likeness (QED) is 0.194. The minimum atomic E-state index is -4.88. The summed E-state index contributed by atoms with van der Waals surface area (Å²) in [7, 11) is 0. The second kappa shape index (κ2) is 14.8. The molecule has 3 aromatic carbocycles. The van der Waals surface area contributed by atoms with Crippen molar-refractivity contribution in [3.05, 3.63) is 87.7 Å². The number of piperidine rings is 2. The number of rotatable bonds is 6.